The average Bonchev–Trinajstić information content (AvgIpc) is 3.27. The number of aromatic nitrogens is 2. The molecule has 0 unspecified atom stereocenters. The van der Waals surface area contributed by atoms with Gasteiger partial charge in [0.1, 0.15) is 11.5 Å². The van der Waals surface area contributed by atoms with Crippen molar-refractivity contribution >= 4 is 15.9 Å². The molecular weight excluding hydrogens is 366 g/mol. The number of sulfone groups is 1. The van der Waals surface area contributed by atoms with E-state index in [0.717, 1.165) is 11.3 Å². The van der Waals surface area contributed by atoms with Gasteiger partial charge in [0, 0.05) is 12.1 Å². The number of para-hydroxylation sites is 1. The van der Waals surface area contributed by atoms with Crippen molar-refractivity contribution in [2.45, 2.75) is 6.42 Å². The zero-order valence-electron chi connectivity index (χ0n) is 14.5. The fraction of sp³-hybridized carbons (Fsp3) is 0.263. The second kappa shape index (κ2) is 7.40. The van der Waals surface area contributed by atoms with Gasteiger partial charge in [0.05, 0.1) is 11.5 Å². The Hall–Kier alpha value is -2.87. The third kappa shape index (κ3) is 4.46. The Morgan fingerprint density at radius 2 is 1.93 bits per heavy atom. The third-order valence-electron chi connectivity index (χ3n) is 4.37. The zero-order valence-corrected chi connectivity index (χ0v) is 15.4. The lowest BCUT2D eigenvalue weighted by molar-refractivity contribution is 0.429. The summed E-state index contributed by atoms with van der Waals surface area (Å²) in [6.45, 7) is 0.498. The molecule has 140 valence electrons. The number of benzene rings is 2. The molecule has 0 spiro atoms. The SMILES string of the molecule is O=S1(=O)CC[C@@H](CNc2nc(-c3cccc(Oc4ccccc4)c3)no2)C1. The molecule has 3 aromatic rings. The van der Waals surface area contributed by atoms with E-state index in [1.807, 2.05) is 54.6 Å². The average molecular weight is 385 g/mol. The molecule has 2 heterocycles. The fourth-order valence-corrected chi connectivity index (χ4v) is 4.86. The largest absolute Gasteiger partial charge is 0.457 e. The van der Waals surface area contributed by atoms with Gasteiger partial charge in [-0.15, -0.1) is 0 Å². The Morgan fingerprint density at radius 1 is 1.11 bits per heavy atom. The molecule has 0 radical (unpaired) electrons. The normalized spacial score (nSPS) is 18.3. The van der Waals surface area contributed by atoms with E-state index in [-0.39, 0.29) is 23.4 Å². The molecule has 0 amide bonds. The zero-order chi connectivity index (χ0) is 18.7. The number of hydrogen-bond donors (Lipinski definition) is 1. The number of ether oxygens (including phenoxy) is 1. The predicted molar refractivity (Wildman–Crippen MR) is 102 cm³/mol. The van der Waals surface area contributed by atoms with E-state index in [9.17, 15) is 8.42 Å². The number of anilines is 1. The Balaban J connectivity index is 1.41. The molecule has 1 atom stereocenters. The van der Waals surface area contributed by atoms with Crippen molar-refractivity contribution in [3.8, 4) is 22.9 Å². The molecule has 0 saturated carbocycles. The summed E-state index contributed by atoms with van der Waals surface area (Å²) in [5, 5.41) is 7.02. The number of nitrogens with one attached hydrogen (secondary N) is 1. The Labute approximate surface area is 157 Å². The maximum absolute atomic E-state index is 11.5. The van der Waals surface area contributed by atoms with Crippen LogP contribution in [0.2, 0.25) is 0 Å². The van der Waals surface area contributed by atoms with Gasteiger partial charge in [0.2, 0.25) is 5.82 Å². The standard InChI is InChI=1S/C19H19N3O4S/c23-27(24)10-9-14(13-27)12-20-19-21-18(22-26-19)15-5-4-8-17(11-15)25-16-6-2-1-3-7-16/h1-8,11,14H,9-10,12-13H2,(H,20,21,22)/t14-/m0/s1. The number of rotatable bonds is 6. The first-order valence-corrected chi connectivity index (χ1v) is 10.5. The van der Waals surface area contributed by atoms with Crippen LogP contribution in [-0.4, -0.2) is 36.6 Å². The highest BCUT2D eigenvalue weighted by Gasteiger charge is 2.27. The van der Waals surface area contributed by atoms with E-state index in [0.29, 0.717) is 24.5 Å². The molecule has 1 N–H and O–H groups in total. The Kier molecular flexibility index (Phi) is 4.81. The smallest absolute Gasteiger partial charge is 0.321 e. The van der Waals surface area contributed by atoms with Crippen molar-refractivity contribution in [1.82, 2.24) is 10.1 Å². The predicted octanol–water partition coefficient (Wildman–Crippen LogP) is 3.38. The molecule has 1 aromatic heterocycles. The van der Waals surface area contributed by atoms with Crippen LogP contribution >= 0.6 is 0 Å². The summed E-state index contributed by atoms with van der Waals surface area (Å²) < 4.78 is 34.1. The van der Waals surface area contributed by atoms with E-state index in [2.05, 4.69) is 15.5 Å². The van der Waals surface area contributed by atoms with E-state index < -0.39 is 9.84 Å². The van der Waals surface area contributed by atoms with Gasteiger partial charge in [-0.05, 0) is 36.6 Å². The molecule has 1 saturated heterocycles. The number of hydrogen-bond acceptors (Lipinski definition) is 7. The van der Waals surface area contributed by atoms with E-state index in [1.165, 1.54) is 0 Å². The molecule has 1 aliphatic rings. The van der Waals surface area contributed by atoms with E-state index in [4.69, 9.17) is 9.26 Å². The molecule has 4 rings (SSSR count). The maximum Gasteiger partial charge on any atom is 0.321 e. The highest BCUT2D eigenvalue weighted by molar-refractivity contribution is 7.91. The molecule has 2 aromatic carbocycles. The molecule has 0 aliphatic carbocycles. The highest BCUT2D eigenvalue weighted by atomic mass is 32.2. The summed E-state index contributed by atoms with van der Waals surface area (Å²) in [5.41, 5.74) is 0.767. The molecule has 1 aliphatic heterocycles. The van der Waals surface area contributed by atoms with Crippen molar-refractivity contribution < 1.29 is 17.7 Å². The van der Waals surface area contributed by atoms with E-state index in [1.54, 1.807) is 0 Å². The molecule has 0 bridgehead atoms. The molecule has 7 nitrogen and oxygen atoms in total. The maximum atomic E-state index is 11.5. The Bertz CT molecular complexity index is 1020. The molecular formula is C19H19N3O4S. The van der Waals surface area contributed by atoms with Crippen molar-refractivity contribution in [2.75, 3.05) is 23.4 Å². The minimum atomic E-state index is -2.89. The summed E-state index contributed by atoms with van der Waals surface area (Å²) in [7, 11) is -2.89. The van der Waals surface area contributed by atoms with Crippen LogP contribution in [0.3, 0.4) is 0 Å². The van der Waals surface area contributed by atoms with E-state index >= 15 is 0 Å². The second-order valence-electron chi connectivity index (χ2n) is 6.52. The lowest BCUT2D eigenvalue weighted by Crippen LogP contribution is -2.15. The van der Waals surface area contributed by atoms with Gasteiger partial charge in [0.15, 0.2) is 9.84 Å². The van der Waals surface area contributed by atoms with Crippen LogP contribution in [0.25, 0.3) is 11.4 Å². The monoisotopic (exact) mass is 385 g/mol. The molecule has 8 heteroatoms. The number of nitrogens with zero attached hydrogens (tertiary/aromatic N) is 2. The lowest BCUT2D eigenvalue weighted by Gasteiger charge is -2.06. The molecule has 27 heavy (non-hydrogen) atoms. The van der Waals surface area contributed by atoms with Crippen molar-refractivity contribution in [2.24, 2.45) is 5.92 Å². The van der Waals surface area contributed by atoms with Crippen LogP contribution in [0.1, 0.15) is 6.42 Å². The van der Waals surface area contributed by atoms with Gasteiger partial charge in [-0.2, -0.15) is 4.98 Å². The van der Waals surface area contributed by atoms with Gasteiger partial charge < -0.3 is 14.6 Å². The van der Waals surface area contributed by atoms with Gasteiger partial charge >= 0.3 is 6.01 Å². The quantitative estimate of drug-likeness (QED) is 0.695. The van der Waals surface area contributed by atoms with Gasteiger partial charge in [-0.25, -0.2) is 8.42 Å². The van der Waals surface area contributed by atoms with Gasteiger partial charge in [-0.3, -0.25) is 0 Å². The van der Waals surface area contributed by atoms with Crippen molar-refractivity contribution in [3.63, 3.8) is 0 Å². The Morgan fingerprint density at radius 3 is 2.70 bits per heavy atom. The first-order chi connectivity index (χ1) is 13.1. The minimum absolute atomic E-state index is 0.0768. The van der Waals surface area contributed by atoms with Gasteiger partial charge in [0.25, 0.3) is 0 Å². The van der Waals surface area contributed by atoms with Crippen LogP contribution < -0.4 is 10.1 Å². The lowest BCUT2D eigenvalue weighted by atomic mass is 10.1. The second-order valence-corrected chi connectivity index (χ2v) is 8.74. The summed E-state index contributed by atoms with van der Waals surface area (Å²) in [5.74, 6) is 2.40. The first-order valence-electron chi connectivity index (χ1n) is 8.69. The topological polar surface area (TPSA) is 94.3 Å². The summed E-state index contributed by atoms with van der Waals surface area (Å²) in [6.07, 6.45) is 0.662. The third-order valence-corrected chi connectivity index (χ3v) is 6.20. The summed E-state index contributed by atoms with van der Waals surface area (Å²) >= 11 is 0. The van der Waals surface area contributed by atoms with Crippen LogP contribution in [0.4, 0.5) is 6.01 Å². The molecule has 1 fully saturated rings. The van der Waals surface area contributed by atoms with Crippen molar-refractivity contribution in [3.05, 3.63) is 54.6 Å². The fourth-order valence-electron chi connectivity index (χ4n) is 3.00. The van der Waals surface area contributed by atoms with Crippen molar-refractivity contribution in [1.29, 1.82) is 0 Å². The summed E-state index contributed by atoms with van der Waals surface area (Å²) in [4.78, 5) is 4.33. The first kappa shape index (κ1) is 17.5. The summed E-state index contributed by atoms with van der Waals surface area (Å²) in [6, 6.07) is 17.2. The van der Waals surface area contributed by atoms with Crippen LogP contribution in [-0.2, 0) is 9.84 Å². The van der Waals surface area contributed by atoms with Gasteiger partial charge in [-0.1, -0.05) is 35.5 Å². The van der Waals surface area contributed by atoms with Crippen LogP contribution in [0.15, 0.2) is 59.1 Å². The minimum Gasteiger partial charge on any atom is -0.457 e. The van der Waals surface area contributed by atoms with Crippen LogP contribution in [0, 0.1) is 5.92 Å². The highest BCUT2D eigenvalue weighted by Crippen LogP contribution is 2.26. The van der Waals surface area contributed by atoms with Crippen LogP contribution in [0.5, 0.6) is 11.5 Å².